The lowest BCUT2D eigenvalue weighted by atomic mass is 10.2. The highest BCUT2D eigenvalue weighted by molar-refractivity contribution is 6.00. The van der Waals surface area contributed by atoms with Crippen molar-refractivity contribution in [1.29, 1.82) is 0 Å². The molecule has 4 heteroatoms. The molecule has 0 saturated heterocycles. The summed E-state index contributed by atoms with van der Waals surface area (Å²) in [6, 6.07) is 9.69. The van der Waals surface area contributed by atoms with Gasteiger partial charge >= 0.3 is 0 Å². The van der Waals surface area contributed by atoms with E-state index in [-0.39, 0.29) is 29.7 Å². The average Bonchev–Trinajstić information content (AvgIpc) is 3.27. The maximum Gasteiger partial charge on any atom is 0.230 e. The second kappa shape index (κ2) is 6.07. The Kier molecular flexibility index (Phi) is 4.42. The SMILES string of the molecule is CCC(C)NC(=O)C1CC1C(=O)N(C)c1ccccc1. The summed E-state index contributed by atoms with van der Waals surface area (Å²) < 4.78 is 0. The topological polar surface area (TPSA) is 49.4 Å². The first-order valence-electron chi connectivity index (χ1n) is 7.17. The van der Waals surface area contributed by atoms with E-state index in [1.165, 1.54) is 0 Å². The van der Waals surface area contributed by atoms with Gasteiger partial charge in [0.15, 0.2) is 0 Å². The maximum absolute atomic E-state index is 12.3. The molecule has 1 aromatic rings. The van der Waals surface area contributed by atoms with E-state index in [0.29, 0.717) is 6.42 Å². The zero-order valence-corrected chi connectivity index (χ0v) is 12.3. The van der Waals surface area contributed by atoms with Gasteiger partial charge < -0.3 is 10.2 Å². The van der Waals surface area contributed by atoms with Gasteiger partial charge in [-0.05, 0) is 31.9 Å². The Labute approximate surface area is 120 Å². The quantitative estimate of drug-likeness (QED) is 0.895. The minimum absolute atomic E-state index is 0.0131. The van der Waals surface area contributed by atoms with Gasteiger partial charge in [-0.25, -0.2) is 0 Å². The molecule has 0 spiro atoms. The fraction of sp³-hybridized carbons (Fsp3) is 0.500. The first-order chi connectivity index (χ1) is 9.54. The molecule has 2 rings (SSSR count). The third-order valence-electron chi connectivity index (χ3n) is 3.92. The molecule has 0 heterocycles. The van der Waals surface area contributed by atoms with E-state index >= 15 is 0 Å². The standard InChI is InChI=1S/C16H22N2O2/c1-4-11(2)17-15(19)13-10-14(13)16(20)18(3)12-8-6-5-7-9-12/h5-9,11,13-14H,4,10H2,1-3H3,(H,17,19). The second-order valence-electron chi connectivity index (χ2n) is 5.50. The number of hydrogen-bond acceptors (Lipinski definition) is 2. The van der Waals surface area contributed by atoms with Crippen LogP contribution in [-0.4, -0.2) is 24.9 Å². The summed E-state index contributed by atoms with van der Waals surface area (Å²) in [7, 11) is 1.76. The van der Waals surface area contributed by atoms with Gasteiger partial charge in [0.2, 0.25) is 11.8 Å². The number of anilines is 1. The predicted molar refractivity (Wildman–Crippen MR) is 79.3 cm³/mol. The Morgan fingerprint density at radius 1 is 1.30 bits per heavy atom. The summed E-state index contributed by atoms with van der Waals surface area (Å²) in [4.78, 5) is 25.9. The smallest absolute Gasteiger partial charge is 0.230 e. The lowest BCUT2D eigenvalue weighted by Crippen LogP contribution is -2.35. The van der Waals surface area contributed by atoms with Crippen LogP contribution in [0.2, 0.25) is 0 Å². The van der Waals surface area contributed by atoms with Crippen LogP contribution in [0.5, 0.6) is 0 Å². The van der Waals surface area contributed by atoms with Crippen molar-refractivity contribution < 1.29 is 9.59 Å². The molecule has 2 amide bonds. The monoisotopic (exact) mass is 274 g/mol. The van der Waals surface area contributed by atoms with Crippen molar-refractivity contribution in [1.82, 2.24) is 5.32 Å². The second-order valence-corrected chi connectivity index (χ2v) is 5.50. The number of carbonyl (C=O) groups is 2. The van der Waals surface area contributed by atoms with Gasteiger partial charge in [-0.3, -0.25) is 9.59 Å². The lowest BCUT2D eigenvalue weighted by molar-refractivity contribution is -0.126. The molecule has 0 aliphatic heterocycles. The van der Waals surface area contributed by atoms with Gasteiger partial charge in [0.05, 0.1) is 11.8 Å². The third-order valence-corrected chi connectivity index (χ3v) is 3.92. The van der Waals surface area contributed by atoms with Gasteiger partial charge in [0.25, 0.3) is 0 Å². The largest absolute Gasteiger partial charge is 0.353 e. The number of para-hydroxylation sites is 1. The fourth-order valence-corrected chi connectivity index (χ4v) is 2.24. The highest BCUT2D eigenvalue weighted by Gasteiger charge is 2.49. The third kappa shape index (κ3) is 3.18. The van der Waals surface area contributed by atoms with Crippen LogP contribution in [0.4, 0.5) is 5.69 Å². The van der Waals surface area contributed by atoms with E-state index in [9.17, 15) is 9.59 Å². The Balaban J connectivity index is 1.91. The van der Waals surface area contributed by atoms with Crippen LogP contribution in [0, 0.1) is 11.8 Å². The molecule has 1 fully saturated rings. The highest BCUT2D eigenvalue weighted by Crippen LogP contribution is 2.40. The van der Waals surface area contributed by atoms with Gasteiger partial charge in [-0.2, -0.15) is 0 Å². The molecule has 0 aromatic heterocycles. The first-order valence-corrected chi connectivity index (χ1v) is 7.17. The zero-order valence-electron chi connectivity index (χ0n) is 12.3. The van der Waals surface area contributed by atoms with Crippen LogP contribution < -0.4 is 10.2 Å². The number of amides is 2. The van der Waals surface area contributed by atoms with E-state index in [4.69, 9.17) is 0 Å². The van der Waals surface area contributed by atoms with Crippen molar-refractivity contribution in [2.24, 2.45) is 11.8 Å². The van der Waals surface area contributed by atoms with Gasteiger partial charge in [0.1, 0.15) is 0 Å². The molecule has 1 aromatic carbocycles. The molecule has 3 unspecified atom stereocenters. The molecule has 1 N–H and O–H groups in total. The lowest BCUT2D eigenvalue weighted by Gasteiger charge is -2.17. The van der Waals surface area contributed by atoms with E-state index in [1.807, 2.05) is 44.2 Å². The Morgan fingerprint density at radius 2 is 1.95 bits per heavy atom. The van der Waals surface area contributed by atoms with Crippen LogP contribution in [0.25, 0.3) is 0 Å². The van der Waals surface area contributed by atoms with Crippen molar-refractivity contribution >= 4 is 17.5 Å². The average molecular weight is 274 g/mol. The van der Waals surface area contributed by atoms with Gasteiger partial charge in [0, 0.05) is 18.8 Å². The number of nitrogens with one attached hydrogen (secondary N) is 1. The van der Waals surface area contributed by atoms with E-state index < -0.39 is 0 Å². The summed E-state index contributed by atoms with van der Waals surface area (Å²) in [5, 5.41) is 2.95. The summed E-state index contributed by atoms with van der Waals surface area (Å²) >= 11 is 0. The van der Waals surface area contributed by atoms with Crippen LogP contribution >= 0.6 is 0 Å². The van der Waals surface area contributed by atoms with Crippen LogP contribution in [0.3, 0.4) is 0 Å². The molecule has 20 heavy (non-hydrogen) atoms. The number of benzene rings is 1. The summed E-state index contributed by atoms with van der Waals surface area (Å²) in [5.41, 5.74) is 0.866. The first kappa shape index (κ1) is 14.6. The van der Waals surface area contributed by atoms with Crippen molar-refractivity contribution in [2.75, 3.05) is 11.9 Å². The van der Waals surface area contributed by atoms with Crippen molar-refractivity contribution in [3.63, 3.8) is 0 Å². The number of rotatable bonds is 5. The normalized spacial score (nSPS) is 21.9. The van der Waals surface area contributed by atoms with E-state index in [0.717, 1.165) is 12.1 Å². The minimum Gasteiger partial charge on any atom is -0.353 e. The molecule has 1 saturated carbocycles. The molecular weight excluding hydrogens is 252 g/mol. The minimum atomic E-state index is -0.163. The summed E-state index contributed by atoms with van der Waals surface area (Å²) in [6.45, 7) is 4.01. The van der Waals surface area contributed by atoms with Crippen molar-refractivity contribution in [3.05, 3.63) is 30.3 Å². The maximum atomic E-state index is 12.3. The molecule has 1 aliphatic carbocycles. The zero-order chi connectivity index (χ0) is 14.7. The molecule has 4 nitrogen and oxygen atoms in total. The van der Waals surface area contributed by atoms with Crippen LogP contribution in [0.15, 0.2) is 30.3 Å². The number of carbonyl (C=O) groups excluding carboxylic acids is 2. The van der Waals surface area contributed by atoms with Crippen molar-refractivity contribution in [2.45, 2.75) is 32.7 Å². The molecule has 108 valence electrons. The van der Waals surface area contributed by atoms with E-state index in [2.05, 4.69) is 5.32 Å². The predicted octanol–water partition coefficient (Wildman–Crippen LogP) is 2.20. The Morgan fingerprint density at radius 3 is 2.55 bits per heavy atom. The molecule has 0 radical (unpaired) electrons. The van der Waals surface area contributed by atoms with Crippen LogP contribution in [0.1, 0.15) is 26.7 Å². The summed E-state index contributed by atoms with van der Waals surface area (Å²) in [6.07, 6.45) is 1.57. The van der Waals surface area contributed by atoms with Gasteiger partial charge in [-0.1, -0.05) is 25.1 Å². The molecule has 1 aliphatic rings. The Bertz CT molecular complexity index is 487. The molecule has 0 bridgehead atoms. The van der Waals surface area contributed by atoms with Gasteiger partial charge in [-0.15, -0.1) is 0 Å². The number of hydrogen-bond donors (Lipinski definition) is 1. The molecular formula is C16H22N2O2. The number of nitrogens with zero attached hydrogens (tertiary/aromatic N) is 1. The van der Waals surface area contributed by atoms with Crippen molar-refractivity contribution in [3.8, 4) is 0 Å². The Hall–Kier alpha value is -1.84. The summed E-state index contributed by atoms with van der Waals surface area (Å²) in [5.74, 6) is -0.272. The molecule has 3 atom stereocenters. The fourth-order valence-electron chi connectivity index (χ4n) is 2.24. The highest BCUT2D eigenvalue weighted by atomic mass is 16.2. The van der Waals surface area contributed by atoms with Crippen LogP contribution in [-0.2, 0) is 9.59 Å². The van der Waals surface area contributed by atoms with E-state index in [1.54, 1.807) is 11.9 Å².